The van der Waals surface area contributed by atoms with Gasteiger partial charge in [-0.2, -0.15) is 10.2 Å². The van der Waals surface area contributed by atoms with Gasteiger partial charge in [0.25, 0.3) is 5.56 Å². The maximum absolute atomic E-state index is 14.4. The molecule has 0 spiro atoms. The van der Waals surface area contributed by atoms with E-state index in [4.69, 9.17) is 14.2 Å². The van der Waals surface area contributed by atoms with Crippen molar-refractivity contribution in [2.75, 3.05) is 34.0 Å². The maximum Gasteiger partial charge on any atom is 0.332 e. The first-order valence-corrected chi connectivity index (χ1v) is 13.4. The van der Waals surface area contributed by atoms with Gasteiger partial charge in [0.2, 0.25) is 5.91 Å². The van der Waals surface area contributed by atoms with E-state index >= 15 is 0 Å². The number of carbonyl (C=O) groups excluding carboxylic acids is 1. The summed E-state index contributed by atoms with van der Waals surface area (Å²) < 4.78 is 33.7. The molecule has 2 atom stereocenters. The van der Waals surface area contributed by atoms with Crippen LogP contribution in [0.1, 0.15) is 30.6 Å². The number of ether oxygens (including phenoxy) is 3. The second-order valence-electron chi connectivity index (χ2n) is 9.75. The molecule has 1 saturated heterocycles. The zero-order valence-electron chi connectivity index (χ0n) is 22.5. The SMILES string of the molecule is COCCO[C@@H](Cn1c(=O)n([C@@]2(C)CNC(=O)C2)c(=O)c2c(C)c(-n3nccn3)sc21)c1cc(F)ccc1OC. The van der Waals surface area contributed by atoms with Crippen molar-refractivity contribution in [2.45, 2.75) is 38.5 Å². The van der Waals surface area contributed by atoms with Gasteiger partial charge in [0.05, 0.1) is 56.6 Å². The summed E-state index contributed by atoms with van der Waals surface area (Å²) in [5, 5.41) is 12.0. The van der Waals surface area contributed by atoms with E-state index in [0.717, 1.165) is 4.57 Å². The van der Waals surface area contributed by atoms with Crippen LogP contribution in [0.4, 0.5) is 4.39 Å². The van der Waals surface area contributed by atoms with E-state index in [0.29, 0.717) is 32.1 Å². The smallest absolute Gasteiger partial charge is 0.332 e. The van der Waals surface area contributed by atoms with Crippen LogP contribution in [-0.4, -0.2) is 64.0 Å². The number of nitrogens with one attached hydrogen (secondary N) is 1. The first-order valence-electron chi connectivity index (χ1n) is 12.6. The van der Waals surface area contributed by atoms with Gasteiger partial charge in [-0.25, -0.2) is 9.18 Å². The van der Waals surface area contributed by atoms with Crippen molar-refractivity contribution < 1.29 is 23.4 Å². The molecule has 1 fully saturated rings. The Morgan fingerprint density at radius 3 is 2.58 bits per heavy atom. The van der Waals surface area contributed by atoms with Crippen molar-refractivity contribution in [2.24, 2.45) is 0 Å². The van der Waals surface area contributed by atoms with E-state index in [9.17, 15) is 18.8 Å². The number of amides is 1. The second kappa shape index (κ2) is 10.9. The molecule has 5 rings (SSSR count). The Morgan fingerprint density at radius 2 is 1.93 bits per heavy atom. The zero-order chi connectivity index (χ0) is 28.6. The molecule has 4 heterocycles. The molecule has 0 radical (unpaired) electrons. The lowest BCUT2D eigenvalue weighted by molar-refractivity contribution is -0.119. The summed E-state index contributed by atoms with van der Waals surface area (Å²) in [7, 11) is 2.99. The fourth-order valence-electron chi connectivity index (χ4n) is 5.04. The van der Waals surface area contributed by atoms with Crippen molar-refractivity contribution in [1.82, 2.24) is 29.4 Å². The predicted molar refractivity (Wildman–Crippen MR) is 145 cm³/mol. The Kier molecular flexibility index (Phi) is 7.57. The zero-order valence-corrected chi connectivity index (χ0v) is 23.3. The number of thiophene rings is 1. The average Bonchev–Trinajstić information content (AvgIpc) is 3.65. The van der Waals surface area contributed by atoms with Gasteiger partial charge in [-0.15, -0.1) is 4.80 Å². The lowest BCUT2D eigenvalue weighted by atomic mass is 10.0. The summed E-state index contributed by atoms with van der Waals surface area (Å²) in [6.07, 6.45) is 2.15. The fourth-order valence-corrected chi connectivity index (χ4v) is 6.26. The van der Waals surface area contributed by atoms with Gasteiger partial charge in [-0.3, -0.25) is 18.7 Å². The number of methoxy groups -OCH3 is 2. The minimum Gasteiger partial charge on any atom is -0.496 e. The Morgan fingerprint density at radius 1 is 1.18 bits per heavy atom. The second-order valence-corrected chi connectivity index (χ2v) is 10.7. The van der Waals surface area contributed by atoms with Gasteiger partial charge in [0, 0.05) is 24.8 Å². The van der Waals surface area contributed by atoms with Crippen LogP contribution in [0.5, 0.6) is 5.75 Å². The molecular weight excluding hydrogens is 543 g/mol. The molecule has 4 aromatic rings. The predicted octanol–water partition coefficient (Wildman–Crippen LogP) is 1.90. The van der Waals surface area contributed by atoms with Gasteiger partial charge < -0.3 is 19.5 Å². The van der Waals surface area contributed by atoms with E-state index in [1.54, 1.807) is 13.8 Å². The molecule has 12 nitrogen and oxygen atoms in total. The molecule has 1 N–H and O–H groups in total. The number of nitrogens with zero attached hydrogens (tertiary/aromatic N) is 5. The number of hydrogen-bond acceptors (Lipinski definition) is 9. The van der Waals surface area contributed by atoms with Gasteiger partial charge in [-0.1, -0.05) is 11.3 Å². The van der Waals surface area contributed by atoms with E-state index in [2.05, 4.69) is 15.5 Å². The Labute approximate surface area is 231 Å². The molecule has 40 heavy (non-hydrogen) atoms. The van der Waals surface area contributed by atoms with Crippen LogP contribution in [0.25, 0.3) is 15.2 Å². The number of carbonyl (C=O) groups is 1. The first kappa shape index (κ1) is 27.7. The normalized spacial score (nSPS) is 17.9. The van der Waals surface area contributed by atoms with Gasteiger partial charge in [-0.05, 0) is 32.0 Å². The molecule has 14 heteroatoms. The molecule has 0 aliphatic carbocycles. The number of halogens is 1. The van der Waals surface area contributed by atoms with E-state index < -0.39 is 28.7 Å². The van der Waals surface area contributed by atoms with Crippen LogP contribution < -0.4 is 21.3 Å². The number of rotatable bonds is 10. The van der Waals surface area contributed by atoms with Crippen molar-refractivity contribution in [3.05, 3.63) is 68.4 Å². The van der Waals surface area contributed by atoms with E-state index in [1.165, 1.54) is 65.5 Å². The van der Waals surface area contributed by atoms with Crippen LogP contribution in [-0.2, 0) is 26.4 Å². The van der Waals surface area contributed by atoms with Crippen molar-refractivity contribution in [1.29, 1.82) is 0 Å². The van der Waals surface area contributed by atoms with E-state index in [1.807, 2.05) is 0 Å². The minimum absolute atomic E-state index is 0.0319. The summed E-state index contributed by atoms with van der Waals surface area (Å²) in [4.78, 5) is 42.1. The third-order valence-corrected chi connectivity index (χ3v) is 8.31. The lowest BCUT2D eigenvalue weighted by Crippen LogP contribution is -2.51. The highest BCUT2D eigenvalue weighted by molar-refractivity contribution is 7.21. The topological polar surface area (TPSA) is 132 Å². The van der Waals surface area contributed by atoms with Crippen LogP contribution >= 0.6 is 11.3 Å². The Bertz CT molecular complexity index is 1680. The molecule has 3 aromatic heterocycles. The number of aryl methyl sites for hydroxylation is 1. The molecule has 212 valence electrons. The molecular formula is C26H29FN6O6S. The van der Waals surface area contributed by atoms with E-state index in [-0.39, 0.29) is 38.6 Å². The molecule has 0 unspecified atom stereocenters. The van der Waals surface area contributed by atoms with Crippen molar-refractivity contribution in [3.8, 4) is 10.8 Å². The van der Waals surface area contributed by atoms with Crippen LogP contribution in [0.2, 0.25) is 0 Å². The fraction of sp³-hybridized carbons (Fsp3) is 0.423. The largest absolute Gasteiger partial charge is 0.496 e. The summed E-state index contributed by atoms with van der Waals surface area (Å²) in [6, 6.07) is 4.06. The summed E-state index contributed by atoms with van der Waals surface area (Å²) in [6.45, 7) is 3.92. The molecule has 1 aromatic carbocycles. The number of hydrogen-bond donors (Lipinski definition) is 1. The summed E-state index contributed by atoms with van der Waals surface area (Å²) in [5.41, 5.74) is -1.24. The lowest BCUT2D eigenvalue weighted by Gasteiger charge is -2.27. The average molecular weight is 573 g/mol. The molecule has 0 bridgehead atoms. The molecule has 1 amide bonds. The molecule has 1 aliphatic heterocycles. The van der Waals surface area contributed by atoms with Crippen LogP contribution in [0.15, 0.2) is 40.2 Å². The first-order chi connectivity index (χ1) is 19.2. The highest BCUT2D eigenvalue weighted by Gasteiger charge is 2.40. The van der Waals surface area contributed by atoms with Gasteiger partial charge >= 0.3 is 5.69 Å². The Balaban J connectivity index is 1.76. The quantitative estimate of drug-likeness (QED) is 0.285. The van der Waals surface area contributed by atoms with Gasteiger partial charge in [0.15, 0.2) is 0 Å². The highest BCUT2D eigenvalue weighted by atomic mass is 32.1. The van der Waals surface area contributed by atoms with Gasteiger partial charge in [0.1, 0.15) is 27.5 Å². The van der Waals surface area contributed by atoms with Crippen LogP contribution in [0.3, 0.4) is 0 Å². The Hall–Kier alpha value is -3.88. The highest BCUT2D eigenvalue weighted by Crippen LogP contribution is 2.34. The standard InChI is InChI=1S/C26H29FN6O6S/c1-15-21-22(35)32(26(2)12-20(34)28-14-26)25(36)31(24(21)40-23(15)33-29-7-8-30-33)13-19(39-10-9-37-3)17-11-16(27)5-6-18(17)38-4/h5-8,11,19H,9-10,12-14H2,1-4H3,(H,28,34)/t19-,26+/m0/s1. The minimum atomic E-state index is -1.09. The molecule has 1 aliphatic rings. The summed E-state index contributed by atoms with van der Waals surface area (Å²) >= 11 is 1.19. The third kappa shape index (κ3) is 4.82. The van der Waals surface area contributed by atoms with Crippen molar-refractivity contribution in [3.63, 3.8) is 0 Å². The van der Waals surface area contributed by atoms with Crippen LogP contribution in [0, 0.1) is 12.7 Å². The third-order valence-electron chi connectivity index (χ3n) is 7.03. The maximum atomic E-state index is 14.4. The number of fused-ring (bicyclic) bond motifs is 1. The summed E-state index contributed by atoms with van der Waals surface area (Å²) in [5.74, 6) is -0.377. The number of aromatic nitrogens is 5. The van der Waals surface area contributed by atoms with Crippen molar-refractivity contribution >= 4 is 27.5 Å². The molecule has 0 saturated carbocycles. The number of benzene rings is 1. The monoisotopic (exact) mass is 572 g/mol.